The maximum Gasteiger partial charge on any atom is 0.179 e. The second kappa shape index (κ2) is 7.29. The zero-order valence-electron chi connectivity index (χ0n) is 12.5. The quantitative estimate of drug-likeness (QED) is 0.819. The Morgan fingerprint density at radius 3 is 2.52 bits per heavy atom. The first kappa shape index (κ1) is 15.6. The summed E-state index contributed by atoms with van der Waals surface area (Å²) < 4.78 is 10.6. The number of ether oxygens (including phenoxy) is 2. The van der Waals surface area contributed by atoms with Crippen molar-refractivity contribution in [3.05, 3.63) is 52.8 Å². The highest BCUT2D eigenvalue weighted by atomic mass is 35.5. The molecule has 0 aliphatic heterocycles. The summed E-state index contributed by atoms with van der Waals surface area (Å²) in [5, 5.41) is 0.557. The summed E-state index contributed by atoms with van der Waals surface area (Å²) in [6.45, 7) is 1.58. The van der Waals surface area contributed by atoms with E-state index in [1.807, 2.05) is 24.4 Å². The van der Waals surface area contributed by atoms with Gasteiger partial charge in [0.25, 0.3) is 0 Å². The van der Waals surface area contributed by atoms with Gasteiger partial charge in [0.2, 0.25) is 0 Å². The fraction of sp³-hybridized carbons (Fsp3) is 0.312. The smallest absolute Gasteiger partial charge is 0.179 e. The van der Waals surface area contributed by atoms with Crippen LogP contribution in [0.2, 0.25) is 5.02 Å². The van der Waals surface area contributed by atoms with Gasteiger partial charge in [-0.15, -0.1) is 0 Å². The fourth-order valence-corrected chi connectivity index (χ4v) is 2.54. The van der Waals surface area contributed by atoms with Crippen LogP contribution >= 0.6 is 11.6 Å². The normalized spacial score (nSPS) is 10.7. The van der Waals surface area contributed by atoms with Crippen molar-refractivity contribution in [1.82, 2.24) is 9.88 Å². The third-order valence-electron chi connectivity index (χ3n) is 3.12. The second-order valence-electron chi connectivity index (χ2n) is 4.85. The zero-order valence-corrected chi connectivity index (χ0v) is 13.2. The zero-order chi connectivity index (χ0) is 15.2. The van der Waals surface area contributed by atoms with Crippen molar-refractivity contribution in [1.29, 1.82) is 0 Å². The Labute approximate surface area is 130 Å². The lowest BCUT2D eigenvalue weighted by atomic mass is 10.1. The van der Waals surface area contributed by atoms with E-state index in [1.54, 1.807) is 20.4 Å². The molecule has 0 N–H and O–H groups in total. The lowest BCUT2D eigenvalue weighted by Gasteiger charge is -2.18. The minimum Gasteiger partial charge on any atom is -0.493 e. The SMILES string of the molecule is COc1cc(CN(C)Cc2cccnc2)cc(Cl)c1OC. The summed E-state index contributed by atoms with van der Waals surface area (Å²) in [6, 6.07) is 7.86. The number of halogens is 1. The summed E-state index contributed by atoms with van der Waals surface area (Å²) in [6.07, 6.45) is 3.65. The number of aromatic nitrogens is 1. The highest BCUT2D eigenvalue weighted by Crippen LogP contribution is 2.36. The molecule has 0 aliphatic rings. The highest BCUT2D eigenvalue weighted by molar-refractivity contribution is 6.32. The fourth-order valence-electron chi connectivity index (χ4n) is 2.23. The van der Waals surface area contributed by atoms with Gasteiger partial charge in [-0.25, -0.2) is 0 Å². The Balaban J connectivity index is 2.10. The predicted molar refractivity (Wildman–Crippen MR) is 84.0 cm³/mol. The average Bonchev–Trinajstić information content (AvgIpc) is 2.47. The van der Waals surface area contributed by atoms with E-state index in [-0.39, 0.29) is 0 Å². The Morgan fingerprint density at radius 1 is 1.14 bits per heavy atom. The van der Waals surface area contributed by atoms with Gasteiger partial charge in [0, 0.05) is 25.5 Å². The van der Waals surface area contributed by atoms with Crippen LogP contribution in [0, 0.1) is 0 Å². The topological polar surface area (TPSA) is 34.6 Å². The molecular weight excluding hydrogens is 288 g/mol. The van der Waals surface area contributed by atoms with E-state index >= 15 is 0 Å². The van der Waals surface area contributed by atoms with Crippen molar-refractivity contribution in [2.45, 2.75) is 13.1 Å². The molecule has 1 aromatic heterocycles. The minimum absolute atomic E-state index is 0.557. The number of hydrogen-bond donors (Lipinski definition) is 0. The lowest BCUT2D eigenvalue weighted by Crippen LogP contribution is -2.17. The molecule has 0 fully saturated rings. The molecule has 112 valence electrons. The summed E-state index contributed by atoms with van der Waals surface area (Å²) >= 11 is 6.22. The Hall–Kier alpha value is -1.78. The molecule has 0 saturated carbocycles. The number of methoxy groups -OCH3 is 2. The van der Waals surface area contributed by atoms with Crippen molar-refractivity contribution in [2.75, 3.05) is 21.3 Å². The second-order valence-corrected chi connectivity index (χ2v) is 5.25. The van der Waals surface area contributed by atoms with Crippen molar-refractivity contribution >= 4 is 11.6 Å². The van der Waals surface area contributed by atoms with Gasteiger partial charge in [-0.3, -0.25) is 9.88 Å². The molecule has 0 bridgehead atoms. The average molecular weight is 307 g/mol. The standard InChI is InChI=1S/C16H19ClN2O2/c1-19(10-12-5-4-6-18-9-12)11-13-7-14(17)16(21-3)15(8-13)20-2/h4-9H,10-11H2,1-3H3. The molecule has 0 saturated heterocycles. The molecule has 1 heterocycles. The van der Waals surface area contributed by atoms with Crippen LogP contribution in [0.15, 0.2) is 36.7 Å². The third-order valence-corrected chi connectivity index (χ3v) is 3.40. The van der Waals surface area contributed by atoms with E-state index in [4.69, 9.17) is 21.1 Å². The Morgan fingerprint density at radius 2 is 1.90 bits per heavy atom. The van der Waals surface area contributed by atoms with Gasteiger partial charge in [-0.05, 0) is 36.4 Å². The number of rotatable bonds is 6. The van der Waals surface area contributed by atoms with Crippen molar-refractivity contribution in [2.24, 2.45) is 0 Å². The first-order valence-electron chi connectivity index (χ1n) is 6.62. The number of pyridine rings is 1. The van der Waals surface area contributed by atoms with Gasteiger partial charge in [-0.2, -0.15) is 0 Å². The first-order valence-corrected chi connectivity index (χ1v) is 6.99. The number of benzene rings is 1. The third kappa shape index (κ3) is 4.09. The molecule has 2 rings (SSSR count). The molecule has 2 aromatic rings. The van der Waals surface area contributed by atoms with Crippen LogP contribution < -0.4 is 9.47 Å². The summed E-state index contributed by atoms with van der Waals surface area (Å²) in [7, 11) is 5.24. The van der Waals surface area contributed by atoms with Crippen molar-refractivity contribution in [3.8, 4) is 11.5 Å². The molecule has 4 nitrogen and oxygen atoms in total. The Bertz CT molecular complexity index is 590. The van der Waals surface area contributed by atoms with Gasteiger partial charge >= 0.3 is 0 Å². The Kier molecular flexibility index (Phi) is 5.42. The van der Waals surface area contributed by atoms with Gasteiger partial charge in [0.05, 0.1) is 19.2 Å². The summed E-state index contributed by atoms with van der Waals surface area (Å²) in [4.78, 5) is 6.31. The molecular formula is C16H19ClN2O2. The molecule has 0 atom stereocenters. The van der Waals surface area contributed by atoms with Gasteiger partial charge in [0.15, 0.2) is 11.5 Å². The molecule has 1 aromatic carbocycles. The molecule has 0 amide bonds. The van der Waals surface area contributed by atoms with E-state index in [9.17, 15) is 0 Å². The lowest BCUT2D eigenvalue weighted by molar-refractivity contribution is 0.316. The minimum atomic E-state index is 0.557. The predicted octanol–water partition coefficient (Wildman–Crippen LogP) is 3.38. The maximum atomic E-state index is 6.22. The summed E-state index contributed by atoms with van der Waals surface area (Å²) in [5.74, 6) is 1.22. The highest BCUT2D eigenvalue weighted by Gasteiger charge is 2.12. The van der Waals surface area contributed by atoms with Crippen LogP contribution in [-0.2, 0) is 13.1 Å². The maximum absolute atomic E-state index is 6.22. The molecule has 5 heteroatoms. The van der Waals surface area contributed by atoms with E-state index in [1.165, 1.54) is 5.56 Å². The molecule has 0 unspecified atom stereocenters. The number of nitrogens with zero attached hydrogens (tertiary/aromatic N) is 2. The van der Waals surface area contributed by atoms with Crippen LogP contribution in [0.3, 0.4) is 0 Å². The molecule has 0 radical (unpaired) electrons. The van der Waals surface area contributed by atoms with Gasteiger partial charge in [-0.1, -0.05) is 17.7 Å². The molecule has 0 aliphatic carbocycles. The van der Waals surface area contributed by atoms with Crippen molar-refractivity contribution < 1.29 is 9.47 Å². The van der Waals surface area contributed by atoms with Crippen LogP contribution in [0.5, 0.6) is 11.5 Å². The van der Waals surface area contributed by atoms with Crippen LogP contribution in [0.4, 0.5) is 0 Å². The van der Waals surface area contributed by atoms with E-state index in [0.717, 1.165) is 18.7 Å². The van der Waals surface area contributed by atoms with E-state index in [2.05, 4.69) is 23.0 Å². The molecule has 21 heavy (non-hydrogen) atoms. The van der Waals surface area contributed by atoms with Crippen LogP contribution in [0.1, 0.15) is 11.1 Å². The van der Waals surface area contributed by atoms with Crippen LogP contribution in [0.25, 0.3) is 0 Å². The van der Waals surface area contributed by atoms with E-state index < -0.39 is 0 Å². The first-order chi connectivity index (χ1) is 10.1. The number of hydrogen-bond acceptors (Lipinski definition) is 4. The monoisotopic (exact) mass is 306 g/mol. The van der Waals surface area contributed by atoms with Crippen LogP contribution in [-0.4, -0.2) is 31.2 Å². The molecule has 0 spiro atoms. The summed E-state index contributed by atoms with van der Waals surface area (Å²) in [5.41, 5.74) is 2.25. The van der Waals surface area contributed by atoms with Gasteiger partial charge < -0.3 is 9.47 Å². The van der Waals surface area contributed by atoms with Crippen molar-refractivity contribution in [3.63, 3.8) is 0 Å². The largest absolute Gasteiger partial charge is 0.493 e. The van der Waals surface area contributed by atoms with Gasteiger partial charge in [0.1, 0.15) is 0 Å². The van der Waals surface area contributed by atoms with E-state index in [0.29, 0.717) is 16.5 Å².